The van der Waals surface area contributed by atoms with Crippen LogP contribution in [0, 0.1) is 0 Å². The van der Waals surface area contributed by atoms with Gasteiger partial charge in [-0.3, -0.25) is 4.79 Å². The molecule has 0 radical (unpaired) electrons. The molecule has 1 aliphatic rings. The fraction of sp³-hybridized carbons (Fsp3) is 0.318. The zero-order valence-corrected chi connectivity index (χ0v) is 17.8. The van der Waals surface area contributed by atoms with Crippen molar-refractivity contribution in [1.82, 2.24) is 9.97 Å². The van der Waals surface area contributed by atoms with Gasteiger partial charge < -0.3 is 10.2 Å². The molecule has 0 unspecified atom stereocenters. The molecule has 156 valence electrons. The van der Waals surface area contributed by atoms with Crippen molar-refractivity contribution in [1.29, 1.82) is 0 Å². The van der Waals surface area contributed by atoms with Crippen LogP contribution in [0.25, 0.3) is 11.0 Å². The number of nitrogens with one attached hydrogen (secondary N) is 1. The lowest BCUT2D eigenvalue weighted by atomic mass is 10.2. The van der Waals surface area contributed by atoms with E-state index in [-0.39, 0.29) is 10.8 Å². The summed E-state index contributed by atoms with van der Waals surface area (Å²) in [6.45, 7) is 5.01. The Morgan fingerprint density at radius 3 is 2.17 bits per heavy atom. The van der Waals surface area contributed by atoms with Crippen molar-refractivity contribution in [3.8, 4) is 0 Å². The van der Waals surface area contributed by atoms with E-state index in [4.69, 9.17) is 4.98 Å². The van der Waals surface area contributed by atoms with E-state index >= 15 is 0 Å². The summed E-state index contributed by atoms with van der Waals surface area (Å²) in [5.41, 5.74) is 1.84. The van der Waals surface area contributed by atoms with Crippen LogP contribution in [0.4, 0.5) is 11.6 Å². The van der Waals surface area contributed by atoms with Gasteiger partial charge in [0.25, 0.3) is 5.91 Å². The highest BCUT2D eigenvalue weighted by molar-refractivity contribution is 7.92. The highest BCUT2D eigenvalue weighted by Crippen LogP contribution is 2.28. The molecule has 0 spiro atoms. The molecular weight excluding hydrogens is 400 g/mol. The first-order chi connectivity index (χ1) is 14.4. The number of carbonyl (C=O) groups excluding carboxylic acids is 1. The highest BCUT2D eigenvalue weighted by Gasteiger charge is 2.22. The number of hydrogen-bond acceptors (Lipinski definition) is 6. The summed E-state index contributed by atoms with van der Waals surface area (Å²) in [6.07, 6.45) is 2.15. The molecule has 1 N–H and O–H groups in total. The maximum Gasteiger partial charge on any atom is 0.256 e. The Kier molecular flexibility index (Phi) is 5.42. The predicted octanol–water partition coefficient (Wildman–Crippen LogP) is 3.66. The first kappa shape index (κ1) is 20.3. The Hall–Kier alpha value is -3.00. The van der Waals surface area contributed by atoms with Crippen molar-refractivity contribution in [3.05, 3.63) is 54.1 Å². The van der Waals surface area contributed by atoms with E-state index in [0.717, 1.165) is 31.4 Å². The fourth-order valence-electron chi connectivity index (χ4n) is 3.47. The van der Waals surface area contributed by atoms with Gasteiger partial charge in [0.05, 0.1) is 21.2 Å². The number of carbonyl (C=O) groups is 1. The second-order valence-corrected chi connectivity index (χ2v) is 10.2. The van der Waals surface area contributed by atoms with Gasteiger partial charge >= 0.3 is 0 Å². The molecule has 7 nitrogen and oxygen atoms in total. The van der Waals surface area contributed by atoms with Crippen LogP contribution in [-0.4, -0.2) is 42.6 Å². The monoisotopic (exact) mass is 424 g/mol. The summed E-state index contributed by atoms with van der Waals surface area (Å²) in [7, 11) is -3.38. The summed E-state index contributed by atoms with van der Waals surface area (Å²) in [5.74, 6) is 0.728. The zero-order valence-electron chi connectivity index (χ0n) is 17.0. The molecule has 1 fully saturated rings. The van der Waals surface area contributed by atoms with Crippen LogP contribution in [0.1, 0.15) is 37.0 Å². The minimum atomic E-state index is -3.38. The van der Waals surface area contributed by atoms with Gasteiger partial charge in [-0.25, -0.2) is 18.4 Å². The van der Waals surface area contributed by atoms with E-state index in [2.05, 4.69) is 15.2 Å². The Labute approximate surface area is 176 Å². The van der Waals surface area contributed by atoms with Gasteiger partial charge in [-0.1, -0.05) is 12.1 Å². The van der Waals surface area contributed by atoms with Crippen molar-refractivity contribution in [2.75, 3.05) is 23.3 Å². The number of amides is 1. The summed E-state index contributed by atoms with van der Waals surface area (Å²) in [4.78, 5) is 24.6. The Morgan fingerprint density at radius 1 is 0.967 bits per heavy atom. The first-order valence-corrected chi connectivity index (χ1v) is 11.6. The maximum absolute atomic E-state index is 12.9. The minimum absolute atomic E-state index is 0.206. The molecule has 2 heterocycles. The number of hydrogen-bond donors (Lipinski definition) is 1. The minimum Gasteiger partial charge on any atom is -0.354 e. The number of aromatic nitrogens is 2. The first-order valence-electron chi connectivity index (χ1n) is 10.0. The van der Waals surface area contributed by atoms with Crippen LogP contribution < -0.4 is 10.2 Å². The predicted molar refractivity (Wildman–Crippen MR) is 118 cm³/mol. The van der Waals surface area contributed by atoms with Gasteiger partial charge in [-0.15, -0.1) is 0 Å². The van der Waals surface area contributed by atoms with Gasteiger partial charge in [0, 0.05) is 18.7 Å². The van der Waals surface area contributed by atoms with E-state index in [0.29, 0.717) is 22.7 Å². The second kappa shape index (κ2) is 8.02. The number of nitrogens with zero attached hydrogens (tertiary/aromatic N) is 3. The van der Waals surface area contributed by atoms with Crippen LogP contribution in [0.3, 0.4) is 0 Å². The lowest BCUT2D eigenvalue weighted by Crippen LogP contribution is -2.23. The van der Waals surface area contributed by atoms with Gasteiger partial charge in [-0.05, 0) is 63.1 Å². The maximum atomic E-state index is 12.9. The Morgan fingerprint density at radius 2 is 1.57 bits per heavy atom. The molecule has 3 aromatic rings. The second-order valence-electron chi connectivity index (χ2n) is 7.65. The molecule has 0 bridgehead atoms. The number of rotatable bonds is 5. The molecule has 1 saturated heterocycles. The number of fused-ring (bicyclic) bond motifs is 1. The van der Waals surface area contributed by atoms with Crippen molar-refractivity contribution < 1.29 is 13.2 Å². The van der Waals surface area contributed by atoms with E-state index in [1.54, 1.807) is 13.8 Å². The summed E-state index contributed by atoms with van der Waals surface area (Å²) in [5, 5.41) is 2.35. The van der Waals surface area contributed by atoms with Gasteiger partial charge in [0.15, 0.2) is 21.5 Å². The fourth-order valence-corrected chi connectivity index (χ4v) is 4.53. The third kappa shape index (κ3) is 3.87. The van der Waals surface area contributed by atoms with Gasteiger partial charge in [0.1, 0.15) is 0 Å². The molecule has 0 saturated carbocycles. The van der Waals surface area contributed by atoms with E-state index in [1.165, 1.54) is 24.3 Å². The average Bonchev–Trinajstić information content (AvgIpc) is 3.28. The quantitative estimate of drug-likeness (QED) is 0.672. The largest absolute Gasteiger partial charge is 0.354 e. The summed E-state index contributed by atoms with van der Waals surface area (Å²) < 4.78 is 24.6. The van der Waals surface area contributed by atoms with Gasteiger partial charge in [0.2, 0.25) is 0 Å². The smallest absolute Gasteiger partial charge is 0.256 e. The summed E-state index contributed by atoms with van der Waals surface area (Å²) in [6, 6.07) is 13.5. The molecule has 0 aliphatic carbocycles. The topological polar surface area (TPSA) is 92.3 Å². The van der Waals surface area contributed by atoms with Crippen LogP contribution in [0.2, 0.25) is 0 Å². The Balaban J connectivity index is 1.65. The average molecular weight is 425 g/mol. The third-order valence-corrected chi connectivity index (χ3v) is 7.43. The van der Waals surface area contributed by atoms with Crippen LogP contribution in [0.15, 0.2) is 53.4 Å². The number of sulfone groups is 1. The van der Waals surface area contributed by atoms with Crippen LogP contribution >= 0.6 is 0 Å². The van der Waals surface area contributed by atoms with Crippen molar-refractivity contribution in [3.63, 3.8) is 0 Å². The molecule has 4 rings (SSSR count). The molecular formula is C22H24N4O3S. The number of para-hydroxylation sites is 2. The molecule has 1 aromatic heterocycles. The number of benzene rings is 2. The van der Waals surface area contributed by atoms with Crippen molar-refractivity contribution >= 4 is 38.4 Å². The summed E-state index contributed by atoms with van der Waals surface area (Å²) >= 11 is 0. The van der Waals surface area contributed by atoms with Crippen LogP contribution in [0.5, 0.6) is 0 Å². The lowest BCUT2D eigenvalue weighted by molar-refractivity contribution is 0.102. The van der Waals surface area contributed by atoms with E-state index in [9.17, 15) is 13.2 Å². The number of anilines is 2. The molecule has 1 aliphatic heterocycles. The zero-order chi connectivity index (χ0) is 21.3. The molecule has 0 atom stereocenters. The van der Waals surface area contributed by atoms with Gasteiger partial charge in [-0.2, -0.15) is 0 Å². The van der Waals surface area contributed by atoms with Crippen LogP contribution in [-0.2, 0) is 9.84 Å². The third-order valence-electron chi connectivity index (χ3n) is 5.26. The normalized spacial score (nSPS) is 14.4. The molecule has 2 aromatic carbocycles. The SMILES string of the molecule is CC(C)S(=O)(=O)c1ccc(C(=O)Nc2nc3ccccc3nc2N2CCCC2)cc1. The molecule has 8 heteroatoms. The highest BCUT2D eigenvalue weighted by atomic mass is 32.2. The molecule has 1 amide bonds. The van der Waals surface area contributed by atoms with E-state index in [1.807, 2.05) is 24.3 Å². The molecule has 30 heavy (non-hydrogen) atoms. The van der Waals surface area contributed by atoms with Crippen molar-refractivity contribution in [2.24, 2.45) is 0 Å². The van der Waals surface area contributed by atoms with E-state index < -0.39 is 15.1 Å². The Bertz CT molecular complexity index is 1180. The standard InChI is InChI=1S/C22H24N4O3S/c1-15(2)30(28,29)17-11-9-16(10-12-17)22(27)25-20-21(26-13-5-6-14-26)24-19-8-4-3-7-18(19)23-20/h3-4,7-12,15H,5-6,13-14H2,1-2H3,(H,23,25,27). The lowest BCUT2D eigenvalue weighted by Gasteiger charge is -2.20. The van der Waals surface area contributed by atoms with Crippen molar-refractivity contribution in [2.45, 2.75) is 36.8 Å².